The number of halogens is 1. The van der Waals surface area contributed by atoms with Crippen molar-refractivity contribution in [2.24, 2.45) is 0 Å². The van der Waals surface area contributed by atoms with Crippen LogP contribution in [0.15, 0.2) is 23.7 Å². The van der Waals surface area contributed by atoms with Crippen molar-refractivity contribution in [3.63, 3.8) is 0 Å². The van der Waals surface area contributed by atoms with Crippen LogP contribution in [-0.2, 0) is 9.53 Å². The highest BCUT2D eigenvalue weighted by molar-refractivity contribution is 7.14. The molecule has 11 nitrogen and oxygen atoms in total. The number of Topliss-reactive ketones (excluding diaryl/α,β-unsaturated/α-hetero) is 1. The van der Waals surface area contributed by atoms with Crippen LogP contribution in [0, 0.1) is 12.7 Å². The van der Waals surface area contributed by atoms with Crippen LogP contribution in [0.2, 0.25) is 0 Å². The molecule has 2 N–H and O–H groups in total. The molecule has 2 aliphatic heterocycles. The number of nitrogens with one attached hydrogen (secondary N) is 2. The molecule has 0 atom stereocenters. The lowest BCUT2D eigenvalue weighted by Gasteiger charge is -2.38. The minimum Gasteiger partial charge on any atom is -0.378 e. The number of aromatic amines is 1. The number of aromatic nitrogens is 2. The smallest absolute Gasteiger partial charge is 0.320 e. The Balaban J connectivity index is 1.29. The average Bonchev–Trinajstić information content (AvgIpc) is 3.55. The van der Waals surface area contributed by atoms with E-state index < -0.39 is 23.4 Å². The van der Waals surface area contributed by atoms with Crippen LogP contribution in [0.1, 0.15) is 26.4 Å². The Labute approximate surface area is 215 Å². The second-order valence-corrected chi connectivity index (χ2v) is 9.64. The van der Waals surface area contributed by atoms with E-state index in [9.17, 15) is 23.6 Å². The van der Waals surface area contributed by atoms with E-state index in [4.69, 9.17) is 4.74 Å². The van der Waals surface area contributed by atoms with Gasteiger partial charge in [0, 0.05) is 56.2 Å². The number of piperazine rings is 1. The number of amides is 4. The largest absolute Gasteiger partial charge is 0.378 e. The Kier molecular flexibility index (Phi) is 6.89. The van der Waals surface area contributed by atoms with Gasteiger partial charge in [-0.3, -0.25) is 19.7 Å². The number of carbonyl (C=O) groups is 4. The zero-order chi connectivity index (χ0) is 26.1. The topological polar surface area (TPSA) is 128 Å². The summed E-state index contributed by atoms with van der Waals surface area (Å²) in [5, 5.41) is 4.72. The maximum Gasteiger partial charge on any atom is 0.320 e. The second-order valence-electron chi connectivity index (χ2n) is 8.79. The molecular formula is C24H25FN6O5S. The lowest BCUT2D eigenvalue weighted by molar-refractivity contribution is -0.127. The maximum absolute atomic E-state index is 14.8. The van der Waals surface area contributed by atoms with Gasteiger partial charge < -0.3 is 24.4 Å². The molecule has 0 aliphatic carbocycles. The number of benzene rings is 1. The highest BCUT2D eigenvalue weighted by Crippen LogP contribution is 2.27. The summed E-state index contributed by atoms with van der Waals surface area (Å²) in [6.45, 7) is 4.78. The third-order valence-corrected chi connectivity index (χ3v) is 7.30. The van der Waals surface area contributed by atoms with Gasteiger partial charge in [0.2, 0.25) is 0 Å². The standard InChI is InChI=1S/C24H25FN6O5S/c1-14-13-37-23(27-14)28-21(33)15-2-3-17(25)18-16(12-26-19(15)18)20(32)22(34)29-4-6-30(7-5-29)24(35)31-8-10-36-11-9-31/h2-3,12-13,26H,4-11H2,1H3,(H,27,28,33). The third kappa shape index (κ3) is 4.91. The Morgan fingerprint density at radius 3 is 2.35 bits per heavy atom. The molecule has 3 aromatic rings. The summed E-state index contributed by atoms with van der Waals surface area (Å²) in [5.41, 5.74) is 0.833. The van der Waals surface area contributed by atoms with Gasteiger partial charge in [-0.1, -0.05) is 0 Å². The molecule has 2 fully saturated rings. The number of carbonyl (C=O) groups excluding carboxylic acids is 4. The number of morpholine rings is 1. The van der Waals surface area contributed by atoms with E-state index in [2.05, 4.69) is 15.3 Å². The predicted molar refractivity (Wildman–Crippen MR) is 133 cm³/mol. The zero-order valence-corrected chi connectivity index (χ0v) is 20.9. The van der Waals surface area contributed by atoms with Crippen molar-refractivity contribution in [2.75, 3.05) is 57.8 Å². The van der Waals surface area contributed by atoms with E-state index >= 15 is 0 Å². The van der Waals surface area contributed by atoms with E-state index in [0.29, 0.717) is 31.4 Å². The lowest BCUT2D eigenvalue weighted by Crippen LogP contribution is -2.56. The van der Waals surface area contributed by atoms with Crippen molar-refractivity contribution in [2.45, 2.75) is 6.92 Å². The number of ketones is 1. The quantitative estimate of drug-likeness (QED) is 0.394. The molecule has 13 heteroatoms. The van der Waals surface area contributed by atoms with Crippen LogP contribution >= 0.6 is 11.3 Å². The molecular weight excluding hydrogens is 503 g/mol. The number of thiazole rings is 1. The molecule has 1 aromatic carbocycles. The summed E-state index contributed by atoms with van der Waals surface area (Å²) >= 11 is 1.26. The number of nitrogens with zero attached hydrogens (tertiary/aromatic N) is 4. The summed E-state index contributed by atoms with van der Waals surface area (Å²) in [4.78, 5) is 63.3. The molecule has 4 heterocycles. The van der Waals surface area contributed by atoms with E-state index in [0.717, 1.165) is 11.8 Å². The van der Waals surface area contributed by atoms with Crippen LogP contribution < -0.4 is 5.32 Å². The first kappa shape index (κ1) is 24.8. The van der Waals surface area contributed by atoms with Crippen LogP contribution in [0.3, 0.4) is 0 Å². The van der Waals surface area contributed by atoms with Crippen molar-refractivity contribution in [3.8, 4) is 0 Å². The van der Waals surface area contributed by atoms with Crippen LogP contribution in [0.5, 0.6) is 0 Å². The molecule has 194 valence electrons. The van der Waals surface area contributed by atoms with Gasteiger partial charge in [-0.05, 0) is 19.1 Å². The van der Waals surface area contributed by atoms with Crippen molar-refractivity contribution in [3.05, 3.63) is 46.3 Å². The Morgan fingerprint density at radius 2 is 1.68 bits per heavy atom. The fraction of sp³-hybridized carbons (Fsp3) is 0.375. The summed E-state index contributed by atoms with van der Waals surface area (Å²) in [5.74, 6) is -2.92. The van der Waals surface area contributed by atoms with Crippen molar-refractivity contribution in [1.29, 1.82) is 0 Å². The molecule has 5 rings (SSSR count). The van der Waals surface area contributed by atoms with E-state index in [-0.39, 0.29) is 54.2 Å². The van der Waals surface area contributed by atoms with Crippen molar-refractivity contribution < 1.29 is 28.3 Å². The number of rotatable bonds is 4. The number of urea groups is 1. The number of anilines is 1. The van der Waals surface area contributed by atoms with Gasteiger partial charge in [0.15, 0.2) is 5.13 Å². The molecule has 0 unspecified atom stereocenters. The van der Waals surface area contributed by atoms with Gasteiger partial charge in [0.05, 0.1) is 35.6 Å². The molecule has 0 spiro atoms. The fourth-order valence-electron chi connectivity index (χ4n) is 4.47. The SMILES string of the molecule is Cc1csc(NC(=O)c2ccc(F)c3c(C(=O)C(=O)N4CCN(C(=O)N5CCOCC5)CC4)c[nH]c23)n1. The molecule has 4 amide bonds. The number of hydrogen-bond acceptors (Lipinski definition) is 7. The second kappa shape index (κ2) is 10.3. The number of H-pyrrole nitrogens is 1. The third-order valence-electron chi connectivity index (χ3n) is 6.43. The number of ether oxygens (including phenoxy) is 1. The first-order chi connectivity index (χ1) is 17.8. The normalized spacial score (nSPS) is 16.2. The molecule has 2 saturated heterocycles. The predicted octanol–water partition coefficient (Wildman–Crippen LogP) is 2.10. The van der Waals surface area contributed by atoms with Gasteiger partial charge in [-0.15, -0.1) is 11.3 Å². The first-order valence-corrected chi connectivity index (χ1v) is 12.7. The fourth-order valence-corrected chi connectivity index (χ4v) is 5.15. The molecule has 2 aromatic heterocycles. The van der Waals surface area contributed by atoms with E-state index in [1.54, 1.807) is 22.1 Å². The summed E-state index contributed by atoms with van der Waals surface area (Å²) in [6, 6.07) is 2.29. The molecule has 0 saturated carbocycles. The molecule has 0 radical (unpaired) electrons. The molecule has 37 heavy (non-hydrogen) atoms. The molecule has 0 bridgehead atoms. The van der Waals surface area contributed by atoms with Gasteiger partial charge in [0.25, 0.3) is 17.6 Å². The zero-order valence-electron chi connectivity index (χ0n) is 20.1. The minimum absolute atomic E-state index is 0.112. The van der Waals surface area contributed by atoms with Crippen LogP contribution in [0.25, 0.3) is 10.9 Å². The summed E-state index contributed by atoms with van der Waals surface area (Å²) in [6.07, 6.45) is 1.25. The van der Waals surface area contributed by atoms with Crippen molar-refractivity contribution >= 4 is 51.0 Å². The van der Waals surface area contributed by atoms with Gasteiger partial charge in [-0.25, -0.2) is 14.2 Å². The lowest BCUT2D eigenvalue weighted by atomic mass is 10.0. The first-order valence-electron chi connectivity index (χ1n) is 11.8. The highest BCUT2D eigenvalue weighted by Gasteiger charge is 2.32. The van der Waals surface area contributed by atoms with E-state index in [1.165, 1.54) is 28.5 Å². The van der Waals surface area contributed by atoms with Crippen LogP contribution in [0.4, 0.5) is 14.3 Å². The van der Waals surface area contributed by atoms with Crippen LogP contribution in [-0.4, -0.2) is 101 Å². The minimum atomic E-state index is -0.883. The van der Waals surface area contributed by atoms with Gasteiger partial charge >= 0.3 is 6.03 Å². The average molecular weight is 529 g/mol. The van der Waals surface area contributed by atoms with Gasteiger partial charge in [-0.2, -0.15) is 0 Å². The highest BCUT2D eigenvalue weighted by atomic mass is 32.1. The Hall–Kier alpha value is -3.84. The van der Waals surface area contributed by atoms with Gasteiger partial charge in [0.1, 0.15) is 5.82 Å². The Morgan fingerprint density at radius 1 is 1.00 bits per heavy atom. The monoisotopic (exact) mass is 528 g/mol. The number of fused-ring (bicyclic) bond motifs is 1. The number of aryl methyl sites for hydroxylation is 1. The summed E-state index contributed by atoms with van der Waals surface area (Å²) in [7, 11) is 0. The Bertz CT molecular complexity index is 1370. The van der Waals surface area contributed by atoms with E-state index in [1.807, 2.05) is 0 Å². The maximum atomic E-state index is 14.8. The summed E-state index contributed by atoms with van der Waals surface area (Å²) < 4.78 is 20.1. The molecule has 2 aliphatic rings. The van der Waals surface area contributed by atoms with Crippen molar-refractivity contribution in [1.82, 2.24) is 24.7 Å². The number of hydrogen-bond donors (Lipinski definition) is 2.